The van der Waals surface area contributed by atoms with E-state index in [0.29, 0.717) is 6.42 Å². The van der Waals surface area contributed by atoms with Crippen molar-refractivity contribution in [2.45, 2.75) is 25.9 Å². The molecular formula is C15H20N2O2. The smallest absolute Gasteiger partial charge is 0.124 e. The maximum Gasteiger partial charge on any atom is 0.124 e. The van der Waals surface area contributed by atoms with Gasteiger partial charge < -0.3 is 9.84 Å². The zero-order chi connectivity index (χ0) is 13.8. The summed E-state index contributed by atoms with van der Waals surface area (Å²) in [4.78, 5) is 0. The monoisotopic (exact) mass is 260 g/mol. The van der Waals surface area contributed by atoms with Crippen molar-refractivity contribution >= 4 is 0 Å². The van der Waals surface area contributed by atoms with Crippen molar-refractivity contribution in [1.29, 1.82) is 0 Å². The molecule has 1 atom stereocenters. The number of methoxy groups -OCH3 is 1. The summed E-state index contributed by atoms with van der Waals surface area (Å²) in [6.45, 7) is 2.01. The number of aromatic nitrogens is 2. The Labute approximate surface area is 113 Å². The molecule has 0 bridgehead atoms. The van der Waals surface area contributed by atoms with Gasteiger partial charge >= 0.3 is 0 Å². The minimum atomic E-state index is -0.523. The van der Waals surface area contributed by atoms with E-state index in [-0.39, 0.29) is 0 Å². The van der Waals surface area contributed by atoms with Crippen LogP contribution in [-0.4, -0.2) is 22.0 Å². The number of aliphatic hydroxyl groups is 1. The number of aryl methyl sites for hydroxylation is 3. The minimum Gasteiger partial charge on any atom is -0.496 e. The second-order valence-electron chi connectivity index (χ2n) is 4.75. The summed E-state index contributed by atoms with van der Waals surface area (Å²) in [7, 11) is 3.54. The summed E-state index contributed by atoms with van der Waals surface area (Å²) >= 11 is 0. The van der Waals surface area contributed by atoms with Gasteiger partial charge in [-0.25, -0.2) is 0 Å². The molecule has 19 heavy (non-hydrogen) atoms. The van der Waals surface area contributed by atoms with Crippen LogP contribution < -0.4 is 4.74 Å². The van der Waals surface area contributed by atoms with E-state index in [1.807, 2.05) is 42.9 Å². The van der Waals surface area contributed by atoms with Gasteiger partial charge in [0.05, 0.1) is 13.2 Å². The Morgan fingerprint density at radius 2 is 2.16 bits per heavy atom. The van der Waals surface area contributed by atoms with Crippen LogP contribution in [0.3, 0.4) is 0 Å². The Morgan fingerprint density at radius 3 is 2.79 bits per heavy atom. The van der Waals surface area contributed by atoms with Crippen LogP contribution in [-0.2, 0) is 13.5 Å². The summed E-state index contributed by atoms with van der Waals surface area (Å²) in [5.74, 6) is 0.748. The molecule has 0 aliphatic rings. The first-order valence-corrected chi connectivity index (χ1v) is 6.41. The van der Waals surface area contributed by atoms with Gasteiger partial charge in [-0.05, 0) is 37.5 Å². The molecule has 0 aliphatic carbocycles. The van der Waals surface area contributed by atoms with Crippen LogP contribution in [0, 0.1) is 6.92 Å². The normalized spacial score (nSPS) is 12.4. The third-order valence-electron chi connectivity index (χ3n) is 3.34. The number of rotatable bonds is 5. The largest absolute Gasteiger partial charge is 0.496 e. The van der Waals surface area contributed by atoms with Crippen molar-refractivity contribution in [2.24, 2.45) is 7.05 Å². The van der Waals surface area contributed by atoms with Gasteiger partial charge in [0.15, 0.2) is 0 Å². The van der Waals surface area contributed by atoms with Gasteiger partial charge in [-0.1, -0.05) is 12.1 Å². The standard InChI is InChI=1S/C15H20N2O2/c1-11-4-6-13(15(10-11)19-3)14(18)7-5-12-8-9-16-17(12)2/h4,6,8-10,14,18H,5,7H2,1-3H3. The molecule has 0 aliphatic heterocycles. The molecule has 102 valence electrons. The number of nitrogens with zero attached hydrogens (tertiary/aromatic N) is 2. The molecule has 0 saturated heterocycles. The highest BCUT2D eigenvalue weighted by molar-refractivity contribution is 5.38. The molecule has 0 spiro atoms. The van der Waals surface area contributed by atoms with Crippen LogP contribution in [0.2, 0.25) is 0 Å². The van der Waals surface area contributed by atoms with Crippen LogP contribution >= 0.6 is 0 Å². The first-order valence-electron chi connectivity index (χ1n) is 6.41. The summed E-state index contributed by atoms with van der Waals surface area (Å²) < 4.78 is 7.16. The predicted octanol–water partition coefficient (Wildman–Crippen LogP) is 2.40. The van der Waals surface area contributed by atoms with Gasteiger partial charge in [-0.3, -0.25) is 4.68 Å². The van der Waals surface area contributed by atoms with E-state index in [0.717, 1.165) is 29.0 Å². The molecule has 0 radical (unpaired) electrons. The van der Waals surface area contributed by atoms with Crippen LogP contribution in [0.5, 0.6) is 5.75 Å². The lowest BCUT2D eigenvalue weighted by Crippen LogP contribution is -2.05. The van der Waals surface area contributed by atoms with E-state index in [1.54, 1.807) is 13.3 Å². The predicted molar refractivity (Wildman–Crippen MR) is 74.2 cm³/mol. The van der Waals surface area contributed by atoms with Crippen LogP contribution in [0.1, 0.15) is 29.3 Å². The lowest BCUT2D eigenvalue weighted by Gasteiger charge is -2.15. The fraction of sp³-hybridized carbons (Fsp3) is 0.400. The topological polar surface area (TPSA) is 47.3 Å². The van der Waals surface area contributed by atoms with Gasteiger partial charge in [0.1, 0.15) is 5.75 Å². The third kappa shape index (κ3) is 3.15. The Kier molecular flexibility index (Phi) is 4.22. The maximum absolute atomic E-state index is 10.3. The highest BCUT2D eigenvalue weighted by Gasteiger charge is 2.14. The van der Waals surface area contributed by atoms with Crippen molar-refractivity contribution < 1.29 is 9.84 Å². The minimum absolute atomic E-state index is 0.523. The molecule has 4 nitrogen and oxygen atoms in total. The molecule has 2 aromatic rings. The van der Waals surface area contributed by atoms with Gasteiger partial charge in [-0.2, -0.15) is 5.10 Å². The van der Waals surface area contributed by atoms with Crippen LogP contribution in [0.4, 0.5) is 0 Å². The van der Waals surface area contributed by atoms with E-state index in [9.17, 15) is 5.11 Å². The van der Waals surface area contributed by atoms with E-state index < -0.39 is 6.10 Å². The Balaban J connectivity index is 2.07. The van der Waals surface area contributed by atoms with Gasteiger partial charge in [0.2, 0.25) is 0 Å². The average molecular weight is 260 g/mol. The second-order valence-corrected chi connectivity index (χ2v) is 4.75. The van der Waals surface area contributed by atoms with Gasteiger partial charge in [-0.15, -0.1) is 0 Å². The molecule has 1 N–H and O–H groups in total. The van der Waals surface area contributed by atoms with Crippen molar-refractivity contribution in [3.05, 3.63) is 47.3 Å². The lowest BCUT2D eigenvalue weighted by atomic mass is 10.0. The molecule has 0 fully saturated rings. The lowest BCUT2D eigenvalue weighted by molar-refractivity contribution is 0.163. The summed E-state index contributed by atoms with van der Waals surface area (Å²) in [6, 6.07) is 7.84. The van der Waals surface area contributed by atoms with E-state index in [4.69, 9.17) is 4.74 Å². The zero-order valence-corrected chi connectivity index (χ0v) is 11.6. The first-order chi connectivity index (χ1) is 9.11. The summed E-state index contributed by atoms with van der Waals surface area (Å²) in [5, 5.41) is 14.4. The molecule has 0 amide bonds. The fourth-order valence-electron chi connectivity index (χ4n) is 2.18. The van der Waals surface area contributed by atoms with Crippen LogP contribution in [0.25, 0.3) is 0 Å². The van der Waals surface area contributed by atoms with E-state index >= 15 is 0 Å². The van der Waals surface area contributed by atoms with Gasteiger partial charge in [0, 0.05) is 24.5 Å². The number of hydrogen-bond acceptors (Lipinski definition) is 3. The first kappa shape index (κ1) is 13.6. The molecule has 2 rings (SSSR count). The Bertz CT molecular complexity index is 549. The molecule has 1 unspecified atom stereocenters. The SMILES string of the molecule is COc1cc(C)ccc1C(O)CCc1ccnn1C. The quantitative estimate of drug-likeness (QED) is 0.898. The maximum atomic E-state index is 10.3. The molecule has 0 saturated carbocycles. The number of aliphatic hydroxyl groups excluding tert-OH is 1. The molecule has 1 aromatic carbocycles. The molecule has 1 aromatic heterocycles. The summed E-state index contributed by atoms with van der Waals surface area (Å²) in [5.41, 5.74) is 3.08. The Hall–Kier alpha value is -1.81. The summed E-state index contributed by atoms with van der Waals surface area (Å²) in [6.07, 6.45) is 2.69. The molecule has 1 heterocycles. The van der Waals surface area contributed by atoms with Crippen molar-refractivity contribution in [3.8, 4) is 5.75 Å². The number of benzene rings is 1. The Morgan fingerprint density at radius 1 is 1.37 bits per heavy atom. The highest BCUT2D eigenvalue weighted by atomic mass is 16.5. The fourth-order valence-corrected chi connectivity index (χ4v) is 2.18. The highest BCUT2D eigenvalue weighted by Crippen LogP contribution is 2.29. The average Bonchev–Trinajstić information content (AvgIpc) is 2.81. The van der Waals surface area contributed by atoms with Crippen molar-refractivity contribution in [1.82, 2.24) is 9.78 Å². The number of ether oxygens (including phenoxy) is 1. The molecular weight excluding hydrogens is 240 g/mol. The number of hydrogen-bond donors (Lipinski definition) is 1. The van der Waals surface area contributed by atoms with E-state index in [2.05, 4.69) is 5.10 Å². The van der Waals surface area contributed by atoms with E-state index in [1.165, 1.54) is 0 Å². The third-order valence-corrected chi connectivity index (χ3v) is 3.34. The zero-order valence-electron chi connectivity index (χ0n) is 11.6. The van der Waals surface area contributed by atoms with Crippen molar-refractivity contribution in [3.63, 3.8) is 0 Å². The van der Waals surface area contributed by atoms with Crippen molar-refractivity contribution in [2.75, 3.05) is 7.11 Å². The molecule has 4 heteroatoms. The van der Waals surface area contributed by atoms with Gasteiger partial charge in [0.25, 0.3) is 0 Å². The van der Waals surface area contributed by atoms with Crippen LogP contribution in [0.15, 0.2) is 30.5 Å². The second kappa shape index (κ2) is 5.89.